The van der Waals surface area contributed by atoms with E-state index in [1.165, 1.54) is 21.5 Å². The second kappa shape index (κ2) is 15.5. The Morgan fingerprint density at radius 3 is 2.58 bits per heavy atom. The van der Waals surface area contributed by atoms with Crippen molar-refractivity contribution in [3.63, 3.8) is 0 Å². The molecule has 7 rings (SSSR count). The van der Waals surface area contributed by atoms with Crippen molar-refractivity contribution >= 4 is 22.5 Å². The van der Waals surface area contributed by atoms with Crippen molar-refractivity contribution in [1.29, 1.82) is 0 Å². The quantitative estimate of drug-likeness (QED) is 0.160. The van der Waals surface area contributed by atoms with Gasteiger partial charge in [0.2, 0.25) is 5.91 Å². The molecule has 5 aromatic rings. The lowest BCUT2D eigenvalue weighted by Gasteiger charge is -2.41. The van der Waals surface area contributed by atoms with Gasteiger partial charge in [-0.2, -0.15) is 10.2 Å². The number of rotatable bonds is 10. The summed E-state index contributed by atoms with van der Waals surface area (Å²) in [6.45, 7) is 12.5. The Bertz CT molecular complexity index is 2420. The van der Waals surface area contributed by atoms with Crippen molar-refractivity contribution < 1.29 is 13.7 Å². The maximum absolute atomic E-state index is 15.9. The van der Waals surface area contributed by atoms with Gasteiger partial charge in [0.1, 0.15) is 5.82 Å². The molecule has 1 aliphatic heterocycles. The lowest BCUT2D eigenvalue weighted by atomic mass is 9.65. The number of amides is 1. The van der Waals surface area contributed by atoms with Crippen molar-refractivity contribution in [3.05, 3.63) is 118 Å². The second-order valence-electron chi connectivity index (χ2n) is 14.8. The minimum atomic E-state index is -0.606. The number of imidazole rings is 1. The summed E-state index contributed by atoms with van der Waals surface area (Å²) in [4.78, 5) is 46.2. The molecule has 288 valence electrons. The SMILES string of the molecule is C=C/C=C\C(=C/C=C)n1nc2c(c1-n1ccn(-c3ccc4c(cnn4C)c3F)c1=O)CN(C(=O)C1CCCCCCCC1C(C)(CC)c1noc(=O)[nH]1)CC2. The fraction of sp³-hybridized carbons (Fsp3) is 0.415. The molecule has 0 spiro atoms. The molecular weight excluding hydrogens is 702 g/mol. The first kappa shape index (κ1) is 37.5. The molecular formula is C41H48FN9O4. The predicted molar refractivity (Wildman–Crippen MR) is 208 cm³/mol. The Kier molecular flexibility index (Phi) is 10.6. The number of aromatic amines is 1. The molecule has 1 saturated carbocycles. The zero-order chi connectivity index (χ0) is 38.9. The first-order valence-electron chi connectivity index (χ1n) is 19.1. The smallest absolute Gasteiger partial charge is 0.338 e. The van der Waals surface area contributed by atoms with E-state index < -0.39 is 22.7 Å². The zero-order valence-electron chi connectivity index (χ0n) is 31.7. The Labute approximate surface area is 318 Å². The van der Waals surface area contributed by atoms with Crippen LogP contribution in [0.15, 0.2) is 88.4 Å². The highest BCUT2D eigenvalue weighted by atomic mass is 19.1. The third-order valence-corrected chi connectivity index (χ3v) is 11.7. The highest BCUT2D eigenvalue weighted by Gasteiger charge is 2.46. The summed E-state index contributed by atoms with van der Waals surface area (Å²) in [6.07, 6.45) is 21.0. The number of carbonyl (C=O) groups is 1. The van der Waals surface area contributed by atoms with Crippen LogP contribution in [-0.4, -0.2) is 56.2 Å². The van der Waals surface area contributed by atoms with Gasteiger partial charge >= 0.3 is 11.4 Å². The maximum Gasteiger partial charge on any atom is 0.438 e. The van der Waals surface area contributed by atoms with E-state index in [9.17, 15) is 14.4 Å². The average molecular weight is 750 g/mol. The number of aryl methyl sites for hydroxylation is 1. The molecule has 1 amide bonds. The lowest BCUT2D eigenvalue weighted by molar-refractivity contribution is -0.140. The molecule has 1 aliphatic carbocycles. The number of allylic oxidation sites excluding steroid dienone is 6. The van der Waals surface area contributed by atoms with Gasteiger partial charge < -0.3 is 4.90 Å². The number of halogens is 1. The van der Waals surface area contributed by atoms with Crippen molar-refractivity contribution in [2.24, 2.45) is 18.9 Å². The van der Waals surface area contributed by atoms with E-state index in [2.05, 4.69) is 42.2 Å². The molecule has 0 radical (unpaired) electrons. The van der Waals surface area contributed by atoms with Crippen LogP contribution in [0.4, 0.5) is 4.39 Å². The van der Waals surface area contributed by atoms with Gasteiger partial charge in [0.25, 0.3) is 0 Å². The highest BCUT2D eigenvalue weighted by Crippen LogP contribution is 2.44. The summed E-state index contributed by atoms with van der Waals surface area (Å²) >= 11 is 0. The highest BCUT2D eigenvalue weighted by molar-refractivity contribution is 5.82. The molecule has 3 unspecified atom stereocenters. The molecule has 4 aromatic heterocycles. The molecule has 13 nitrogen and oxygen atoms in total. The van der Waals surface area contributed by atoms with Crippen LogP contribution in [0, 0.1) is 17.7 Å². The number of nitrogens with zero attached hydrogens (tertiary/aromatic N) is 8. The second-order valence-corrected chi connectivity index (χ2v) is 14.8. The lowest BCUT2D eigenvalue weighted by Crippen LogP contribution is -2.47. The van der Waals surface area contributed by atoms with Crippen LogP contribution in [0.1, 0.15) is 82.3 Å². The molecule has 5 heterocycles. The molecule has 3 atom stereocenters. The van der Waals surface area contributed by atoms with Gasteiger partial charge in [0.05, 0.1) is 40.7 Å². The molecule has 2 aliphatic rings. The Hall–Kier alpha value is -5.79. The molecule has 1 aromatic carbocycles. The summed E-state index contributed by atoms with van der Waals surface area (Å²) in [7, 11) is 1.73. The van der Waals surface area contributed by atoms with Crippen LogP contribution in [0.2, 0.25) is 0 Å². The average Bonchev–Trinajstić information content (AvgIpc) is 3.99. The normalized spacial score (nSPS) is 19.5. The zero-order valence-corrected chi connectivity index (χ0v) is 31.7. The van der Waals surface area contributed by atoms with Gasteiger partial charge in [-0.1, -0.05) is 82.5 Å². The molecule has 0 bridgehead atoms. The van der Waals surface area contributed by atoms with Crippen LogP contribution in [-0.2, 0) is 30.2 Å². The summed E-state index contributed by atoms with van der Waals surface area (Å²) in [6, 6.07) is 3.31. The minimum absolute atomic E-state index is 0.0342. The number of fused-ring (bicyclic) bond motifs is 2. The summed E-state index contributed by atoms with van der Waals surface area (Å²) < 4.78 is 26.9. The van der Waals surface area contributed by atoms with Crippen molar-refractivity contribution in [2.45, 2.75) is 83.6 Å². The van der Waals surface area contributed by atoms with E-state index in [1.807, 2.05) is 11.0 Å². The number of aromatic nitrogens is 8. The van der Waals surface area contributed by atoms with Gasteiger partial charge in [-0.15, -0.1) is 0 Å². The molecule has 1 N–H and O–H groups in total. The van der Waals surface area contributed by atoms with E-state index in [0.29, 0.717) is 54.0 Å². The van der Waals surface area contributed by atoms with Gasteiger partial charge in [-0.25, -0.2) is 18.7 Å². The standard InChI is InChI=1S/C41H48FN9O4/c1-6-9-16-27(15-7-2)51-36(50-24-23-49(40(50)54)34-20-19-33-29(35(34)42)25-43-47(33)5)30-26-48(22-21-32(30)45-51)37(52)28-17-13-11-10-12-14-18-31(28)41(4,8-3)38-44-39(53)55-46-38/h6-7,9,15-16,19-20,23-25,28,31H,1-2,8,10-14,17-18,21-22,26H2,3-5H3,(H,44,46,53)/b16-9-,27-15+. The third-order valence-electron chi connectivity index (χ3n) is 11.7. The number of benzene rings is 1. The molecule has 0 saturated heterocycles. The number of carbonyl (C=O) groups excluding carboxylic acids is 1. The third kappa shape index (κ3) is 6.78. The van der Waals surface area contributed by atoms with Gasteiger partial charge in [0, 0.05) is 49.3 Å². The van der Waals surface area contributed by atoms with E-state index in [-0.39, 0.29) is 30.0 Å². The molecule has 55 heavy (non-hydrogen) atoms. The van der Waals surface area contributed by atoms with Crippen LogP contribution in [0.5, 0.6) is 0 Å². The van der Waals surface area contributed by atoms with Crippen LogP contribution in [0.3, 0.4) is 0 Å². The van der Waals surface area contributed by atoms with Crippen LogP contribution < -0.4 is 11.4 Å². The number of hydrogen-bond donors (Lipinski definition) is 1. The Balaban J connectivity index is 1.32. The Morgan fingerprint density at radius 2 is 1.85 bits per heavy atom. The first-order valence-corrected chi connectivity index (χ1v) is 19.1. The fourth-order valence-electron chi connectivity index (χ4n) is 8.58. The van der Waals surface area contributed by atoms with E-state index >= 15 is 4.39 Å². The van der Waals surface area contributed by atoms with Crippen LogP contribution >= 0.6 is 0 Å². The monoisotopic (exact) mass is 749 g/mol. The molecule has 1 fully saturated rings. The van der Waals surface area contributed by atoms with Crippen LogP contribution in [0.25, 0.3) is 28.1 Å². The van der Waals surface area contributed by atoms with Gasteiger partial charge in [-0.3, -0.25) is 28.1 Å². The fourth-order valence-corrected chi connectivity index (χ4v) is 8.58. The van der Waals surface area contributed by atoms with Gasteiger partial charge in [-0.05, 0) is 49.5 Å². The van der Waals surface area contributed by atoms with E-state index in [4.69, 9.17) is 9.62 Å². The largest absolute Gasteiger partial charge is 0.438 e. The Morgan fingerprint density at radius 1 is 1.09 bits per heavy atom. The summed E-state index contributed by atoms with van der Waals surface area (Å²) in [5.74, 6) is -0.629. The van der Waals surface area contributed by atoms with Crippen molar-refractivity contribution in [3.8, 4) is 11.5 Å². The number of hydrogen-bond acceptors (Lipinski definition) is 7. The van der Waals surface area contributed by atoms with Crippen molar-refractivity contribution in [2.75, 3.05) is 6.54 Å². The minimum Gasteiger partial charge on any atom is -0.338 e. The summed E-state index contributed by atoms with van der Waals surface area (Å²) in [5, 5.41) is 13.6. The number of nitrogens with one attached hydrogen (secondary N) is 1. The van der Waals surface area contributed by atoms with Crippen molar-refractivity contribution in [1.82, 2.24) is 43.7 Å². The van der Waals surface area contributed by atoms with E-state index in [1.54, 1.807) is 59.0 Å². The molecule has 14 heteroatoms. The first-order chi connectivity index (χ1) is 26.6. The predicted octanol–water partition coefficient (Wildman–Crippen LogP) is 6.53. The van der Waals surface area contributed by atoms with E-state index in [0.717, 1.165) is 49.8 Å². The topological polar surface area (TPSA) is 142 Å². The summed E-state index contributed by atoms with van der Waals surface area (Å²) in [5.41, 5.74) is 1.70. The maximum atomic E-state index is 15.9. The van der Waals surface area contributed by atoms with Gasteiger partial charge in [0.15, 0.2) is 11.6 Å². The number of H-pyrrole nitrogens is 1.